The number of aromatic hydroxyl groups is 2. The summed E-state index contributed by atoms with van der Waals surface area (Å²) in [6, 6.07) is 11.4. The molecule has 0 aromatic heterocycles. The molecule has 0 radical (unpaired) electrons. The van der Waals surface area contributed by atoms with Crippen LogP contribution in [0.2, 0.25) is 0 Å². The number of rotatable bonds is 2. The fourth-order valence-electron chi connectivity index (χ4n) is 3.28. The first-order chi connectivity index (χ1) is 10.6. The fraction of sp³-hybridized carbons (Fsp3) is 0.300. The summed E-state index contributed by atoms with van der Waals surface area (Å²) >= 11 is 0. The first kappa shape index (κ1) is 14.7. The van der Waals surface area contributed by atoms with E-state index in [0.717, 1.165) is 24.8 Å². The zero-order valence-electron chi connectivity index (χ0n) is 13.1. The van der Waals surface area contributed by atoms with Crippen molar-refractivity contribution in [1.82, 2.24) is 0 Å². The van der Waals surface area contributed by atoms with Gasteiger partial charge in [-0.15, -0.1) is 0 Å². The van der Waals surface area contributed by atoms with E-state index in [0.29, 0.717) is 17.4 Å². The van der Waals surface area contributed by atoms with Gasteiger partial charge in [0.05, 0.1) is 0 Å². The van der Waals surface area contributed by atoms with Crippen LogP contribution in [0.5, 0.6) is 11.5 Å². The van der Waals surface area contributed by atoms with Gasteiger partial charge in [-0.1, -0.05) is 24.3 Å². The van der Waals surface area contributed by atoms with Gasteiger partial charge in [-0.3, -0.25) is 0 Å². The maximum atomic E-state index is 9.80. The van der Waals surface area contributed by atoms with Gasteiger partial charge < -0.3 is 10.2 Å². The lowest BCUT2D eigenvalue weighted by atomic mass is 9.81. The maximum absolute atomic E-state index is 9.80. The molecule has 0 saturated heterocycles. The Kier molecular flexibility index (Phi) is 3.93. The first-order valence-electron chi connectivity index (χ1n) is 7.83. The topological polar surface area (TPSA) is 40.5 Å². The van der Waals surface area contributed by atoms with Crippen molar-refractivity contribution >= 4 is 5.57 Å². The maximum Gasteiger partial charge on any atom is 0.118 e. The zero-order valence-corrected chi connectivity index (χ0v) is 13.1. The van der Waals surface area contributed by atoms with E-state index in [-0.39, 0.29) is 0 Å². The van der Waals surface area contributed by atoms with Crippen molar-refractivity contribution < 1.29 is 10.2 Å². The summed E-state index contributed by atoms with van der Waals surface area (Å²) < 4.78 is 0. The Morgan fingerprint density at radius 3 is 2.27 bits per heavy atom. The van der Waals surface area contributed by atoms with Crippen LogP contribution in [-0.4, -0.2) is 10.2 Å². The van der Waals surface area contributed by atoms with Crippen molar-refractivity contribution in [2.45, 2.75) is 39.0 Å². The molecule has 0 bridgehead atoms. The molecule has 2 nitrogen and oxygen atoms in total. The molecule has 0 fully saturated rings. The molecule has 0 heterocycles. The average molecular weight is 294 g/mol. The Morgan fingerprint density at radius 1 is 0.909 bits per heavy atom. The van der Waals surface area contributed by atoms with Gasteiger partial charge in [-0.05, 0) is 85.1 Å². The molecule has 1 aliphatic carbocycles. The van der Waals surface area contributed by atoms with Crippen molar-refractivity contribution in [3.63, 3.8) is 0 Å². The number of hydrogen-bond donors (Lipinski definition) is 2. The van der Waals surface area contributed by atoms with Crippen LogP contribution in [-0.2, 0) is 0 Å². The minimum Gasteiger partial charge on any atom is -0.508 e. The molecule has 1 aliphatic rings. The quantitative estimate of drug-likeness (QED) is 0.812. The third kappa shape index (κ3) is 2.74. The van der Waals surface area contributed by atoms with Crippen LogP contribution in [0.15, 0.2) is 42.5 Å². The highest BCUT2D eigenvalue weighted by Gasteiger charge is 2.18. The van der Waals surface area contributed by atoms with Gasteiger partial charge in [-0.25, -0.2) is 0 Å². The van der Waals surface area contributed by atoms with E-state index in [1.54, 1.807) is 18.2 Å². The normalized spacial score (nSPS) is 18.1. The molecule has 0 saturated carbocycles. The lowest BCUT2D eigenvalue weighted by molar-refractivity contribution is 0.470. The molecular formula is C20H22O2. The third-order valence-electron chi connectivity index (χ3n) is 4.88. The van der Waals surface area contributed by atoms with E-state index in [1.807, 2.05) is 25.1 Å². The molecule has 2 aromatic carbocycles. The van der Waals surface area contributed by atoms with Crippen LogP contribution in [0.1, 0.15) is 47.4 Å². The van der Waals surface area contributed by atoms with Gasteiger partial charge in [-0.2, -0.15) is 0 Å². The van der Waals surface area contributed by atoms with Crippen molar-refractivity contribution in [3.8, 4) is 11.5 Å². The number of benzene rings is 2. The Labute approximate surface area is 131 Å². The Hall–Kier alpha value is -2.22. The van der Waals surface area contributed by atoms with Gasteiger partial charge >= 0.3 is 0 Å². The second kappa shape index (κ2) is 5.88. The molecule has 3 rings (SSSR count). The molecule has 0 spiro atoms. The molecule has 1 unspecified atom stereocenters. The summed E-state index contributed by atoms with van der Waals surface area (Å²) in [5, 5.41) is 19.2. The standard InChI is InChI=1S/C20H22O2/c1-13-14(2)20(22)12-11-19(13)17-5-3-15(4-6-17)16-7-9-18(21)10-8-16/h5,7-12,15,21-22H,3-4,6H2,1-2H3. The summed E-state index contributed by atoms with van der Waals surface area (Å²) in [7, 11) is 0. The Balaban J connectivity index is 1.82. The van der Waals surface area contributed by atoms with Crippen LogP contribution in [0.25, 0.3) is 5.57 Å². The number of phenols is 2. The second-order valence-corrected chi connectivity index (χ2v) is 6.17. The monoisotopic (exact) mass is 294 g/mol. The summed E-state index contributed by atoms with van der Waals surface area (Å²) in [5.41, 5.74) is 6.09. The highest BCUT2D eigenvalue weighted by Crippen LogP contribution is 2.38. The smallest absolute Gasteiger partial charge is 0.118 e. The van der Waals surface area contributed by atoms with Crippen molar-refractivity contribution in [2.24, 2.45) is 0 Å². The van der Waals surface area contributed by atoms with Gasteiger partial charge in [0.2, 0.25) is 0 Å². The number of phenolic OH excluding ortho intramolecular Hbond substituents is 2. The van der Waals surface area contributed by atoms with E-state index in [9.17, 15) is 10.2 Å². The molecule has 2 heteroatoms. The van der Waals surface area contributed by atoms with Gasteiger partial charge in [0, 0.05) is 0 Å². The Bertz CT molecular complexity index is 711. The molecule has 2 aromatic rings. The van der Waals surface area contributed by atoms with Gasteiger partial charge in [0.1, 0.15) is 11.5 Å². The largest absolute Gasteiger partial charge is 0.508 e. The second-order valence-electron chi connectivity index (χ2n) is 6.17. The molecule has 22 heavy (non-hydrogen) atoms. The fourth-order valence-corrected chi connectivity index (χ4v) is 3.28. The van der Waals surface area contributed by atoms with E-state index in [4.69, 9.17) is 0 Å². The summed E-state index contributed by atoms with van der Waals surface area (Å²) in [6.07, 6.45) is 5.53. The lowest BCUT2D eigenvalue weighted by Gasteiger charge is -2.24. The molecular weight excluding hydrogens is 272 g/mol. The molecule has 0 amide bonds. The average Bonchev–Trinajstić information content (AvgIpc) is 2.54. The van der Waals surface area contributed by atoms with Crippen molar-refractivity contribution in [1.29, 1.82) is 0 Å². The number of hydrogen-bond acceptors (Lipinski definition) is 2. The van der Waals surface area contributed by atoms with Crippen LogP contribution >= 0.6 is 0 Å². The minimum absolute atomic E-state index is 0.325. The van der Waals surface area contributed by atoms with E-state index in [1.165, 1.54) is 22.3 Å². The van der Waals surface area contributed by atoms with Crippen LogP contribution in [0.4, 0.5) is 0 Å². The highest BCUT2D eigenvalue weighted by molar-refractivity contribution is 5.71. The van der Waals surface area contributed by atoms with Crippen molar-refractivity contribution in [2.75, 3.05) is 0 Å². The van der Waals surface area contributed by atoms with Crippen LogP contribution in [0.3, 0.4) is 0 Å². The van der Waals surface area contributed by atoms with Crippen LogP contribution in [0, 0.1) is 13.8 Å². The van der Waals surface area contributed by atoms with Crippen LogP contribution < -0.4 is 0 Å². The molecule has 2 N–H and O–H groups in total. The zero-order chi connectivity index (χ0) is 15.7. The van der Waals surface area contributed by atoms with E-state index in [2.05, 4.69) is 13.0 Å². The van der Waals surface area contributed by atoms with E-state index < -0.39 is 0 Å². The number of allylic oxidation sites excluding steroid dienone is 2. The minimum atomic E-state index is 0.325. The molecule has 0 aliphatic heterocycles. The Morgan fingerprint density at radius 2 is 1.64 bits per heavy atom. The third-order valence-corrected chi connectivity index (χ3v) is 4.88. The van der Waals surface area contributed by atoms with E-state index >= 15 is 0 Å². The summed E-state index contributed by atoms with van der Waals surface area (Å²) in [6.45, 7) is 4.05. The summed E-state index contributed by atoms with van der Waals surface area (Å²) in [5.74, 6) is 1.23. The molecule has 114 valence electrons. The molecule has 1 atom stereocenters. The van der Waals surface area contributed by atoms with Gasteiger partial charge in [0.15, 0.2) is 0 Å². The lowest BCUT2D eigenvalue weighted by Crippen LogP contribution is -2.05. The predicted molar refractivity (Wildman–Crippen MR) is 90.3 cm³/mol. The van der Waals surface area contributed by atoms with Crippen molar-refractivity contribution in [3.05, 3.63) is 64.7 Å². The first-order valence-corrected chi connectivity index (χ1v) is 7.83. The highest BCUT2D eigenvalue weighted by atomic mass is 16.3. The SMILES string of the molecule is Cc1c(O)ccc(C2=CCC(c3ccc(O)cc3)CC2)c1C. The summed E-state index contributed by atoms with van der Waals surface area (Å²) in [4.78, 5) is 0. The van der Waals surface area contributed by atoms with Gasteiger partial charge in [0.25, 0.3) is 0 Å². The predicted octanol–water partition coefficient (Wildman–Crippen LogP) is 5.07.